The van der Waals surface area contributed by atoms with Gasteiger partial charge in [0.1, 0.15) is 19.0 Å². The molecule has 2 heteroatoms. The van der Waals surface area contributed by atoms with E-state index < -0.39 is 0 Å². The third-order valence-corrected chi connectivity index (χ3v) is 2.44. The zero-order valence-corrected chi connectivity index (χ0v) is 9.48. The molecule has 0 saturated heterocycles. The van der Waals surface area contributed by atoms with E-state index in [1.165, 1.54) is 0 Å². The van der Waals surface area contributed by atoms with Crippen LogP contribution in [0.1, 0.15) is 13.3 Å². The molecule has 2 unspecified atom stereocenters. The van der Waals surface area contributed by atoms with Crippen LogP contribution in [0.15, 0.2) is 24.0 Å². The highest BCUT2D eigenvalue weighted by Crippen LogP contribution is 2.27. The molecule has 84 valence electrons. The molecule has 2 nitrogen and oxygen atoms in total. The van der Waals surface area contributed by atoms with Crippen molar-refractivity contribution in [3.63, 3.8) is 0 Å². The summed E-state index contributed by atoms with van der Waals surface area (Å²) < 4.78 is 11.0. The first-order chi connectivity index (χ1) is 7.83. The molecule has 0 heterocycles. The molecule has 0 aliphatic heterocycles. The predicted molar refractivity (Wildman–Crippen MR) is 64.4 cm³/mol. The molecule has 1 aliphatic carbocycles. The fourth-order valence-corrected chi connectivity index (χ4v) is 1.71. The van der Waals surface area contributed by atoms with Crippen LogP contribution < -0.4 is 0 Å². The second-order valence-electron chi connectivity index (χ2n) is 3.44. The van der Waals surface area contributed by atoms with Gasteiger partial charge >= 0.3 is 0 Å². The fraction of sp³-hybridized carbons (Fsp3) is 0.429. The molecule has 1 aliphatic rings. The van der Waals surface area contributed by atoms with Crippen molar-refractivity contribution < 1.29 is 9.47 Å². The lowest BCUT2D eigenvalue weighted by Gasteiger charge is -2.27. The minimum Gasteiger partial charge on any atom is -0.485 e. The summed E-state index contributed by atoms with van der Waals surface area (Å²) in [6.07, 6.45) is 17.1. The van der Waals surface area contributed by atoms with Gasteiger partial charge in [-0.3, -0.25) is 0 Å². The second kappa shape index (κ2) is 6.77. The summed E-state index contributed by atoms with van der Waals surface area (Å²) in [5.74, 6) is 6.01. The molecular weight excluding hydrogens is 200 g/mol. The van der Waals surface area contributed by atoms with Crippen molar-refractivity contribution in [2.75, 3.05) is 13.2 Å². The Bertz CT molecular complexity index is 352. The summed E-state index contributed by atoms with van der Waals surface area (Å²) in [7, 11) is 0. The molecule has 0 saturated carbocycles. The summed E-state index contributed by atoms with van der Waals surface area (Å²) in [5, 5.41) is 0. The summed E-state index contributed by atoms with van der Waals surface area (Å²) in [5.41, 5.74) is 0. The summed E-state index contributed by atoms with van der Waals surface area (Å²) in [4.78, 5) is 0. The Balaban J connectivity index is 2.64. The highest BCUT2D eigenvalue weighted by molar-refractivity contribution is 5.21. The zero-order chi connectivity index (χ0) is 11.8. The van der Waals surface area contributed by atoms with Crippen LogP contribution >= 0.6 is 0 Å². The van der Waals surface area contributed by atoms with Crippen molar-refractivity contribution in [3.05, 3.63) is 24.0 Å². The first-order valence-corrected chi connectivity index (χ1v) is 5.33. The van der Waals surface area contributed by atoms with E-state index in [-0.39, 0.29) is 18.6 Å². The fourth-order valence-electron chi connectivity index (χ4n) is 1.71. The lowest BCUT2D eigenvalue weighted by molar-refractivity contribution is 0.0510. The van der Waals surface area contributed by atoms with Gasteiger partial charge in [-0.25, -0.2) is 0 Å². The first kappa shape index (κ1) is 12.4. The Kier molecular flexibility index (Phi) is 5.26. The Morgan fingerprint density at radius 2 is 2.06 bits per heavy atom. The minimum absolute atomic E-state index is 0.0150. The maximum atomic E-state index is 5.55. The van der Waals surface area contributed by atoms with Crippen LogP contribution in [0.3, 0.4) is 0 Å². The van der Waals surface area contributed by atoms with E-state index in [0.717, 1.165) is 12.2 Å². The number of ether oxygens (including phenoxy) is 2. The molecule has 2 atom stereocenters. The predicted octanol–water partition coefficient (Wildman–Crippen LogP) is 2.13. The van der Waals surface area contributed by atoms with E-state index in [2.05, 4.69) is 18.8 Å². The smallest absolute Gasteiger partial charge is 0.148 e. The number of hydrogen-bond donors (Lipinski definition) is 0. The Labute approximate surface area is 97.3 Å². The van der Waals surface area contributed by atoms with Crippen LogP contribution in [-0.4, -0.2) is 19.3 Å². The van der Waals surface area contributed by atoms with Crippen LogP contribution in [-0.2, 0) is 9.47 Å². The normalized spacial score (nSPS) is 23.1. The standard InChI is InChI=1S/C14H16O2/c1-4-10-15-13-8-7-9-14(12(13)6-3)16-11-5-2/h1-2,7-9,12-13H,6,10-11H2,3H3. The minimum atomic E-state index is -0.0150. The van der Waals surface area contributed by atoms with Gasteiger partial charge in [0.05, 0.1) is 6.10 Å². The van der Waals surface area contributed by atoms with E-state index in [9.17, 15) is 0 Å². The van der Waals surface area contributed by atoms with Crippen LogP contribution in [0.4, 0.5) is 0 Å². The molecule has 0 fully saturated rings. The molecule has 0 radical (unpaired) electrons. The lowest BCUT2D eigenvalue weighted by Crippen LogP contribution is -2.26. The second-order valence-corrected chi connectivity index (χ2v) is 3.44. The summed E-state index contributed by atoms with van der Waals surface area (Å²) >= 11 is 0. The number of hydrogen-bond acceptors (Lipinski definition) is 2. The summed E-state index contributed by atoms with van der Waals surface area (Å²) in [6.45, 7) is 2.69. The van der Waals surface area contributed by atoms with Crippen molar-refractivity contribution in [2.45, 2.75) is 19.4 Å². The van der Waals surface area contributed by atoms with E-state index in [1.807, 2.05) is 18.2 Å². The van der Waals surface area contributed by atoms with Crippen molar-refractivity contribution >= 4 is 0 Å². The van der Waals surface area contributed by atoms with Gasteiger partial charge in [0, 0.05) is 5.92 Å². The van der Waals surface area contributed by atoms with Gasteiger partial charge < -0.3 is 9.47 Å². The van der Waals surface area contributed by atoms with Gasteiger partial charge in [-0.1, -0.05) is 30.9 Å². The Morgan fingerprint density at radius 1 is 1.31 bits per heavy atom. The maximum Gasteiger partial charge on any atom is 0.148 e. The largest absolute Gasteiger partial charge is 0.485 e. The highest BCUT2D eigenvalue weighted by Gasteiger charge is 2.25. The van der Waals surface area contributed by atoms with Crippen molar-refractivity contribution in [3.8, 4) is 24.7 Å². The molecule has 0 spiro atoms. The molecule has 0 aromatic heterocycles. The van der Waals surface area contributed by atoms with Gasteiger partial charge in [0.2, 0.25) is 0 Å². The van der Waals surface area contributed by atoms with Crippen molar-refractivity contribution in [1.82, 2.24) is 0 Å². The van der Waals surface area contributed by atoms with Gasteiger partial charge in [-0.15, -0.1) is 12.8 Å². The maximum absolute atomic E-state index is 5.55. The number of terminal acetylenes is 2. The van der Waals surface area contributed by atoms with Crippen LogP contribution in [0.2, 0.25) is 0 Å². The average molecular weight is 216 g/mol. The zero-order valence-electron chi connectivity index (χ0n) is 9.48. The Hall–Kier alpha value is -1.64. The van der Waals surface area contributed by atoms with Crippen molar-refractivity contribution in [2.24, 2.45) is 5.92 Å². The van der Waals surface area contributed by atoms with E-state index >= 15 is 0 Å². The Morgan fingerprint density at radius 3 is 2.69 bits per heavy atom. The van der Waals surface area contributed by atoms with E-state index in [0.29, 0.717) is 6.61 Å². The molecule has 0 aromatic rings. The van der Waals surface area contributed by atoms with Crippen LogP contribution in [0, 0.1) is 30.6 Å². The molecule has 0 N–H and O–H groups in total. The van der Waals surface area contributed by atoms with Crippen LogP contribution in [0.5, 0.6) is 0 Å². The topological polar surface area (TPSA) is 18.5 Å². The lowest BCUT2D eigenvalue weighted by atomic mass is 9.93. The van der Waals surface area contributed by atoms with E-state index in [1.54, 1.807) is 0 Å². The SMILES string of the molecule is C#CCOC1=CC=CC(OCC#C)C1CC. The van der Waals surface area contributed by atoms with Gasteiger partial charge in [-0.05, 0) is 12.5 Å². The highest BCUT2D eigenvalue weighted by atomic mass is 16.5. The van der Waals surface area contributed by atoms with Crippen LogP contribution in [0.25, 0.3) is 0 Å². The average Bonchev–Trinajstić information content (AvgIpc) is 2.33. The quantitative estimate of drug-likeness (QED) is 0.655. The molecule has 0 aromatic carbocycles. The molecule has 0 amide bonds. The van der Waals surface area contributed by atoms with Crippen molar-refractivity contribution in [1.29, 1.82) is 0 Å². The molecular formula is C14H16O2. The van der Waals surface area contributed by atoms with Gasteiger partial charge in [0.25, 0.3) is 0 Å². The number of rotatable bonds is 5. The van der Waals surface area contributed by atoms with Gasteiger partial charge in [0.15, 0.2) is 0 Å². The first-order valence-electron chi connectivity index (χ1n) is 5.33. The number of allylic oxidation sites excluding steroid dienone is 2. The van der Waals surface area contributed by atoms with E-state index in [4.69, 9.17) is 22.3 Å². The third-order valence-electron chi connectivity index (χ3n) is 2.44. The molecule has 16 heavy (non-hydrogen) atoms. The monoisotopic (exact) mass is 216 g/mol. The molecule has 0 bridgehead atoms. The van der Waals surface area contributed by atoms with Gasteiger partial charge in [-0.2, -0.15) is 0 Å². The molecule has 1 rings (SSSR count). The summed E-state index contributed by atoms with van der Waals surface area (Å²) in [6, 6.07) is 0. The third kappa shape index (κ3) is 3.19.